The van der Waals surface area contributed by atoms with Crippen LogP contribution in [0, 0.1) is 0 Å². The number of fused-ring (bicyclic) bond motifs is 3. The van der Waals surface area contributed by atoms with Gasteiger partial charge in [-0.25, -0.2) is 4.98 Å². The third kappa shape index (κ3) is 4.40. The van der Waals surface area contributed by atoms with Crippen LogP contribution in [0.1, 0.15) is 24.8 Å². The molecule has 1 saturated heterocycles. The van der Waals surface area contributed by atoms with Gasteiger partial charge in [0.25, 0.3) is 5.56 Å². The first kappa shape index (κ1) is 21.0. The summed E-state index contributed by atoms with van der Waals surface area (Å²) >= 11 is 9.51. The topological polar surface area (TPSA) is 38.1 Å². The Hall–Kier alpha value is -1.86. The summed E-state index contributed by atoms with van der Waals surface area (Å²) in [5.74, 6) is 0.686. The van der Waals surface area contributed by atoms with Crippen molar-refractivity contribution >= 4 is 55.0 Å². The summed E-state index contributed by atoms with van der Waals surface area (Å²) in [4.78, 5) is 21.0. The zero-order valence-corrected chi connectivity index (χ0v) is 19.6. The number of rotatable bonds is 7. The number of thioether (sulfide) groups is 1. The summed E-state index contributed by atoms with van der Waals surface area (Å²) in [6.07, 6.45) is 3.53. The minimum Gasteiger partial charge on any atom is -0.303 e. The minimum absolute atomic E-state index is 0.0780. The predicted octanol–water partition coefficient (Wildman–Crippen LogP) is 6.04. The molecule has 0 bridgehead atoms. The van der Waals surface area contributed by atoms with Gasteiger partial charge in [0.2, 0.25) is 0 Å². The van der Waals surface area contributed by atoms with Crippen molar-refractivity contribution in [3.05, 3.63) is 69.5 Å². The molecule has 3 heterocycles. The van der Waals surface area contributed by atoms with Gasteiger partial charge < -0.3 is 4.90 Å². The molecule has 5 rings (SSSR count). The van der Waals surface area contributed by atoms with Crippen molar-refractivity contribution < 1.29 is 0 Å². The normalized spacial score (nSPS) is 14.7. The summed E-state index contributed by atoms with van der Waals surface area (Å²) in [6, 6.07) is 16.0. The fraction of sp³-hybridized carbons (Fsp3) is 0.333. The van der Waals surface area contributed by atoms with Crippen LogP contribution >= 0.6 is 34.7 Å². The molecule has 31 heavy (non-hydrogen) atoms. The second-order valence-electron chi connectivity index (χ2n) is 7.91. The molecule has 0 radical (unpaired) electrons. The molecule has 0 spiro atoms. The molecular weight excluding hydrogens is 446 g/mol. The van der Waals surface area contributed by atoms with Gasteiger partial charge in [-0.15, -0.1) is 11.3 Å². The van der Waals surface area contributed by atoms with E-state index in [0.29, 0.717) is 12.3 Å². The highest BCUT2D eigenvalue weighted by Crippen LogP contribution is 2.33. The number of likely N-dealkylation sites (tertiary alicyclic amines) is 1. The maximum absolute atomic E-state index is 13.5. The van der Waals surface area contributed by atoms with Gasteiger partial charge in [-0.3, -0.25) is 9.36 Å². The van der Waals surface area contributed by atoms with Gasteiger partial charge in [-0.2, -0.15) is 0 Å². The van der Waals surface area contributed by atoms with E-state index in [1.807, 2.05) is 41.0 Å². The van der Waals surface area contributed by atoms with Gasteiger partial charge >= 0.3 is 0 Å². The Labute approximate surface area is 194 Å². The van der Waals surface area contributed by atoms with Crippen LogP contribution in [-0.2, 0) is 12.3 Å². The SMILES string of the molecule is O=c1c2sc3ccccc3c2nc(SCc2ccccc2Cl)n1CCCN1CCCC1. The first-order chi connectivity index (χ1) is 15.2. The monoisotopic (exact) mass is 469 g/mol. The van der Waals surface area contributed by atoms with E-state index in [4.69, 9.17) is 16.6 Å². The number of halogens is 1. The van der Waals surface area contributed by atoms with Crippen molar-refractivity contribution in [1.82, 2.24) is 14.5 Å². The largest absolute Gasteiger partial charge is 0.303 e. The Kier molecular flexibility index (Phi) is 6.32. The lowest BCUT2D eigenvalue weighted by molar-refractivity contribution is 0.321. The highest BCUT2D eigenvalue weighted by molar-refractivity contribution is 7.98. The van der Waals surface area contributed by atoms with Crippen LogP contribution in [0.3, 0.4) is 0 Å². The Morgan fingerprint density at radius 2 is 1.81 bits per heavy atom. The van der Waals surface area contributed by atoms with Crippen molar-refractivity contribution in [2.45, 2.75) is 36.7 Å². The Morgan fingerprint density at radius 1 is 1.03 bits per heavy atom. The molecule has 1 aliphatic heterocycles. The van der Waals surface area contributed by atoms with Crippen LogP contribution in [0.2, 0.25) is 5.02 Å². The minimum atomic E-state index is 0.0780. The molecule has 160 valence electrons. The van der Waals surface area contributed by atoms with Crippen LogP contribution in [-0.4, -0.2) is 34.1 Å². The predicted molar refractivity (Wildman–Crippen MR) is 133 cm³/mol. The summed E-state index contributed by atoms with van der Waals surface area (Å²) in [5, 5.41) is 2.59. The average molecular weight is 470 g/mol. The zero-order chi connectivity index (χ0) is 21.2. The Morgan fingerprint density at radius 3 is 2.65 bits per heavy atom. The molecule has 7 heteroatoms. The molecule has 4 aromatic rings. The van der Waals surface area contributed by atoms with Crippen molar-refractivity contribution in [3.63, 3.8) is 0 Å². The summed E-state index contributed by atoms with van der Waals surface area (Å²) in [5.41, 5.74) is 1.96. The first-order valence-electron chi connectivity index (χ1n) is 10.7. The van der Waals surface area contributed by atoms with Crippen LogP contribution < -0.4 is 5.56 Å². The lowest BCUT2D eigenvalue weighted by Crippen LogP contribution is -2.26. The number of nitrogens with zero attached hydrogens (tertiary/aromatic N) is 3. The summed E-state index contributed by atoms with van der Waals surface area (Å²) in [7, 11) is 0. The van der Waals surface area contributed by atoms with Gasteiger partial charge in [0.05, 0.1) is 5.52 Å². The molecular formula is C24H24ClN3OS2. The third-order valence-electron chi connectivity index (χ3n) is 5.82. The van der Waals surface area contributed by atoms with E-state index in [9.17, 15) is 4.79 Å². The van der Waals surface area contributed by atoms with E-state index in [0.717, 1.165) is 49.0 Å². The lowest BCUT2D eigenvalue weighted by atomic mass is 10.2. The van der Waals surface area contributed by atoms with E-state index in [1.165, 1.54) is 25.9 Å². The van der Waals surface area contributed by atoms with Crippen LogP contribution in [0.5, 0.6) is 0 Å². The number of aromatic nitrogens is 2. The summed E-state index contributed by atoms with van der Waals surface area (Å²) < 4.78 is 3.75. The standard InChI is InChI=1S/C24H24ClN3OS2/c25-19-10-3-1-8-17(19)16-30-24-26-21-18-9-2-4-11-20(18)31-22(21)23(29)28(24)15-7-14-27-12-5-6-13-27/h1-4,8-11H,5-7,12-16H2. The highest BCUT2D eigenvalue weighted by atomic mass is 35.5. The maximum Gasteiger partial charge on any atom is 0.272 e. The second-order valence-corrected chi connectivity index (χ2v) is 10.3. The highest BCUT2D eigenvalue weighted by Gasteiger charge is 2.17. The third-order valence-corrected chi connectivity index (χ3v) is 8.36. The zero-order valence-electron chi connectivity index (χ0n) is 17.2. The molecule has 1 aliphatic rings. The molecule has 0 unspecified atom stereocenters. The van der Waals surface area contributed by atoms with E-state index < -0.39 is 0 Å². The van der Waals surface area contributed by atoms with E-state index >= 15 is 0 Å². The smallest absolute Gasteiger partial charge is 0.272 e. The van der Waals surface area contributed by atoms with Crippen LogP contribution in [0.15, 0.2) is 58.5 Å². The van der Waals surface area contributed by atoms with Gasteiger partial charge in [0.15, 0.2) is 5.16 Å². The fourth-order valence-electron chi connectivity index (χ4n) is 4.18. The molecule has 4 nitrogen and oxygen atoms in total. The van der Waals surface area contributed by atoms with E-state index in [2.05, 4.69) is 17.0 Å². The second kappa shape index (κ2) is 9.33. The molecule has 0 atom stereocenters. The Balaban J connectivity index is 1.50. The Bertz CT molecular complexity index is 1280. The molecule has 2 aromatic heterocycles. The number of hydrogen-bond donors (Lipinski definition) is 0. The molecule has 0 amide bonds. The number of benzene rings is 2. The molecule has 1 fully saturated rings. The van der Waals surface area contributed by atoms with Gasteiger partial charge in [-0.1, -0.05) is 59.8 Å². The van der Waals surface area contributed by atoms with E-state index in [1.54, 1.807) is 23.1 Å². The van der Waals surface area contributed by atoms with Crippen molar-refractivity contribution in [3.8, 4) is 0 Å². The molecule has 0 saturated carbocycles. The van der Waals surface area contributed by atoms with Gasteiger partial charge in [0.1, 0.15) is 4.70 Å². The molecule has 0 N–H and O–H groups in total. The number of thiophene rings is 1. The quantitative estimate of drug-likeness (QED) is 0.244. The van der Waals surface area contributed by atoms with Gasteiger partial charge in [0, 0.05) is 27.4 Å². The van der Waals surface area contributed by atoms with Crippen LogP contribution in [0.4, 0.5) is 0 Å². The van der Waals surface area contributed by atoms with Crippen molar-refractivity contribution in [2.75, 3.05) is 19.6 Å². The molecule has 0 aliphatic carbocycles. The first-order valence-corrected chi connectivity index (χ1v) is 12.9. The fourth-order valence-corrected chi connectivity index (χ4v) is 6.57. The molecule has 2 aromatic carbocycles. The van der Waals surface area contributed by atoms with Crippen LogP contribution in [0.25, 0.3) is 20.3 Å². The lowest BCUT2D eigenvalue weighted by Gasteiger charge is -2.16. The summed E-state index contributed by atoms with van der Waals surface area (Å²) in [6.45, 7) is 4.08. The average Bonchev–Trinajstić information content (AvgIpc) is 3.43. The van der Waals surface area contributed by atoms with Crippen molar-refractivity contribution in [1.29, 1.82) is 0 Å². The van der Waals surface area contributed by atoms with E-state index in [-0.39, 0.29) is 5.56 Å². The van der Waals surface area contributed by atoms with Gasteiger partial charge in [-0.05, 0) is 56.6 Å². The van der Waals surface area contributed by atoms with Crippen molar-refractivity contribution in [2.24, 2.45) is 0 Å². The maximum atomic E-state index is 13.5. The number of hydrogen-bond acceptors (Lipinski definition) is 5.